The second-order valence-electron chi connectivity index (χ2n) is 6.34. The van der Waals surface area contributed by atoms with Crippen LogP contribution in [0.4, 0.5) is 0 Å². The number of carbonyl (C=O) groups is 1. The van der Waals surface area contributed by atoms with Crippen molar-refractivity contribution in [3.63, 3.8) is 0 Å². The highest BCUT2D eigenvalue weighted by Crippen LogP contribution is 2.22. The standard InChI is InChI=1S/C21H25BrN2O3/c1-4-11-26-20-10-7-18(22)12-17(20)13-23-24-21(25)14-27-19-8-5-16(6-9-19)15(2)3/h5-10,12-13,15H,4,11,14H2,1-3H3,(H,24,25). The molecule has 0 aliphatic carbocycles. The summed E-state index contributed by atoms with van der Waals surface area (Å²) >= 11 is 3.43. The van der Waals surface area contributed by atoms with Crippen LogP contribution in [0.5, 0.6) is 11.5 Å². The summed E-state index contributed by atoms with van der Waals surface area (Å²) in [7, 11) is 0. The zero-order chi connectivity index (χ0) is 19.6. The highest BCUT2D eigenvalue weighted by molar-refractivity contribution is 9.10. The Hall–Kier alpha value is -2.34. The molecule has 0 atom stereocenters. The van der Waals surface area contributed by atoms with E-state index in [1.54, 1.807) is 6.21 Å². The van der Waals surface area contributed by atoms with Gasteiger partial charge in [0.25, 0.3) is 5.91 Å². The molecule has 144 valence electrons. The lowest BCUT2D eigenvalue weighted by atomic mass is 10.0. The first-order valence-corrected chi connectivity index (χ1v) is 9.76. The van der Waals surface area contributed by atoms with Crippen LogP contribution in [0.25, 0.3) is 0 Å². The van der Waals surface area contributed by atoms with E-state index in [9.17, 15) is 4.79 Å². The zero-order valence-corrected chi connectivity index (χ0v) is 17.5. The van der Waals surface area contributed by atoms with Crippen LogP contribution in [-0.2, 0) is 4.79 Å². The Balaban J connectivity index is 1.87. The van der Waals surface area contributed by atoms with Crippen molar-refractivity contribution < 1.29 is 14.3 Å². The molecular weight excluding hydrogens is 408 g/mol. The van der Waals surface area contributed by atoms with Crippen LogP contribution < -0.4 is 14.9 Å². The van der Waals surface area contributed by atoms with Gasteiger partial charge in [0.1, 0.15) is 11.5 Å². The lowest BCUT2D eigenvalue weighted by Gasteiger charge is -2.09. The molecule has 2 aromatic rings. The summed E-state index contributed by atoms with van der Waals surface area (Å²) in [4.78, 5) is 11.9. The maximum absolute atomic E-state index is 11.9. The number of amides is 1. The van der Waals surface area contributed by atoms with Crippen LogP contribution >= 0.6 is 15.9 Å². The second-order valence-corrected chi connectivity index (χ2v) is 7.25. The van der Waals surface area contributed by atoms with Gasteiger partial charge in [-0.05, 0) is 48.2 Å². The third-order valence-corrected chi connectivity index (χ3v) is 4.24. The highest BCUT2D eigenvalue weighted by atomic mass is 79.9. The maximum Gasteiger partial charge on any atom is 0.277 e. The third-order valence-electron chi connectivity index (χ3n) is 3.74. The number of carbonyl (C=O) groups excluding carboxylic acids is 1. The van der Waals surface area contributed by atoms with Crippen LogP contribution in [0.1, 0.15) is 44.2 Å². The van der Waals surface area contributed by atoms with Gasteiger partial charge in [0, 0.05) is 10.0 Å². The van der Waals surface area contributed by atoms with Crippen molar-refractivity contribution in [2.24, 2.45) is 5.10 Å². The summed E-state index contributed by atoms with van der Waals surface area (Å²) in [6, 6.07) is 13.4. The molecule has 0 fully saturated rings. The minimum absolute atomic E-state index is 0.101. The first-order chi connectivity index (χ1) is 13.0. The van der Waals surface area contributed by atoms with Gasteiger partial charge in [0.05, 0.1) is 12.8 Å². The quantitative estimate of drug-likeness (QED) is 0.453. The number of rotatable bonds is 9. The summed E-state index contributed by atoms with van der Waals surface area (Å²) in [5.41, 5.74) is 4.48. The van der Waals surface area contributed by atoms with Crippen molar-refractivity contribution in [1.82, 2.24) is 5.43 Å². The fourth-order valence-corrected chi connectivity index (χ4v) is 2.65. The number of halogens is 1. The number of hydrogen-bond acceptors (Lipinski definition) is 4. The van der Waals surface area contributed by atoms with Crippen molar-refractivity contribution in [2.75, 3.05) is 13.2 Å². The average Bonchev–Trinajstić information content (AvgIpc) is 2.66. The number of nitrogens with one attached hydrogen (secondary N) is 1. The molecular formula is C21H25BrN2O3. The van der Waals surface area contributed by atoms with E-state index < -0.39 is 0 Å². The smallest absolute Gasteiger partial charge is 0.277 e. The number of nitrogens with zero attached hydrogens (tertiary/aromatic N) is 1. The molecule has 0 spiro atoms. The molecule has 0 saturated heterocycles. The molecule has 0 saturated carbocycles. The van der Waals surface area contributed by atoms with Gasteiger partial charge in [-0.25, -0.2) is 5.43 Å². The molecule has 0 aliphatic heterocycles. The summed E-state index contributed by atoms with van der Waals surface area (Å²) in [6.07, 6.45) is 2.48. The molecule has 5 nitrogen and oxygen atoms in total. The molecule has 27 heavy (non-hydrogen) atoms. The normalized spacial score (nSPS) is 11.0. The van der Waals surface area contributed by atoms with E-state index in [2.05, 4.69) is 40.3 Å². The lowest BCUT2D eigenvalue weighted by molar-refractivity contribution is -0.123. The molecule has 2 rings (SSSR count). The molecule has 0 aromatic heterocycles. The predicted molar refractivity (Wildman–Crippen MR) is 112 cm³/mol. The van der Waals surface area contributed by atoms with Gasteiger partial charge in [0.15, 0.2) is 6.61 Å². The van der Waals surface area contributed by atoms with Crippen molar-refractivity contribution in [1.29, 1.82) is 0 Å². The van der Waals surface area contributed by atoms with Gasteiger partial charge in [-0.2, -0.15) is 5.10 Å². The Morgan fingerprint density at radius 2 is 1.93 bits per heavy atom. The summed E-state index contributed by atoms with van der Waals surface area (Å²) < 4.78 is 12.1. The Morgan fingerprint density at radius 1 is 1.19 bits per heavy atom. The van der Waals surface area contributed by atoms with Crippen molar-refractivity contribution in [3.05, 3.63) is 58.1 Å². The van der Waals surface area contributed by atoms with Crippen LogP contribution in [0.15, 0.2) is 52.0 Å². The third kappa shape index (κ3) is 7.06. The van der Waals surface area contributed by atoms with E-state index in [0.717, 1.165) is 22.2 Å². The number of ether oxygens (including phenoxy) is 2. The van der Waals surface area contributed by atoms with Gasteiger partial charge in [-0.3, -0.25) is 4.79 Å². The van der Waals surface area contributed by atoms with E-state index in [1.807, 2.05) is 49.4 Å². The van der Waals surface area contributed by atoms with E-state index in [0.29, 0.717) is 18.3 Å². The highest BCUT2D eigenvalue weighted by Gasteiger charge is 2.05. The second kappa shape index (κ2) is 10.7. The van der Waals surface area contributed by atoms with Crippen molar-refractivity contribution in [3.8, 4) is 11.5 Å². The number of hydrazone groups is 1. The summed E-state index contributed by atoms with van der Waals surface area (Å²) in [6.45, 7) is 6.83. The first kappa shape index (κ1) is 21.0. The molecule has 0 unspecified atom stereocenters. The fraction of sp³-hybridized carbons (Fsp3) is 0.333. The van der Waals surface area contributed by atoms with Gasteiger partial charge >= 0.3 is 0 Å². The summed E-state index contributed by atoms with van der Waals surface area (Å²) in [5, 5.41) is 4.00. The Labute approximate surface area is 168 Å². The van der Waals surface area contributed by atoms with E-state index in [4.69, 9.17) is 9.47 Å². The van der Waals surface area contributed by atoms with E-state index in [1.165, 1.54) is 5.56 Å². The molecule has 1 amide bonds. The van der Waals surface area contributed by atoms with Crippen LogP contribution in [-0.4, -0.2) is 25.3 Å². The molecule has 0 radical (unpaired) electrons. The maximum atomic E-state index is 11.9. The van der Waals surface area contributed by atoms with Crippen molar-refractivity contribution in [2.45, 2.75) is 33.1 Å². The Morgan fingerprint density at radius 3 is 2.59 bits per heavy atom. The molecule has 1 N–H and O–H groups in total. The topological polar surface area (TPSA) is 59.9 Å². The molecule has 6 heteroatoms. The first-order valence-electron chi connectivity index (χ1n) is 8.96. The molecule has 0 bridgehead atoms. The Kier molecular flexibility index (Phi) is 8.33. The molecule has 0 heterocycles. The summed E-state index contributed by atoms with van der Waals surface area (Å²) in [5.74, 6) is 1.51. The van der Waals surface area contributed by atoms with E-state index >= 15 is 0 Å². The largest absolute Gasteiger partial charge is 0.493 e. The predicted octanol–water partition coefficient (Wildman–Crippen LogP) is 4.89. The van der Waals surface area contributed by atoms with Crippen LogP contribution in [0, 0.1) is 0 Å². The fourth-order valence-electron chi connectivity index (χ4n) is 2.27. The van der Waals surface area contributed by atoms with Crippen molar-refractivity contribution >= 4 is 28.1 Å². The SMILES string of the molecule is CCCOc1ccc(Br)cc1C=NNC(=O)COc1ccc(C(C)C)cc1. The minimum atomic E-state index is -0.329. The van der Waals surface area contributed by atoms with Crippen LogP contribution in [0.2, 0.25) is 0 Å². The Bertz CT molecular complexity index is 773. The number of hydrogen-bond donors (Lipinski definition) is 1. The zero-order valence-electron chi connectivity index (χ0n) is 15.9. The molecule has 2 aromatic carbocycles. The van der Waals surface area contributed by atoms with E-state index in [-0.39, 0.29) is 12.5 Å². The number of benzene rings is 2. The molecule has 0 aliphatic rings. The van der Waals surface area contributed by atoms with Gasteiger partial charge in [-0.1, -0.05) is 48.8 Å². The average molecular weight is 433 g/mol. The monoisotopic (exact) mass is 432 g/mol. The lowest BCUT2D eigenvalue weighted by Crippen LogP contribution is -2.24. The minimum Gasteiger partial charge on any atom is -0.493 e. The van der Waals surface area contributed by atoms with Gasteiger partial charge in [0.2, 0.25) is 0 Å². The van der Waals surface area contributed by atoms with Gasteiger partial charge < -0.3 is 9.47 Å². The van der Waals surface area contributed by atoms with Gasteiger partial charge in [-0.15, -0.1) is 0 Å². The van der Waals surface area contributed by atoms with Crippen LogP contribution in [0.3, 0.4) is 0 Å².